The lowest BCUT2D eigenvalue weighted by Gasteiger charge is -2.44. The number of carbonyl (C=O) groups excluding carboxylic acids is 2. The molecule has 0 aliphatic carbocycles. The molecule has 1 unspecified atom stereocenters. The lowest BCUT2D eigenvalue weighted by atomic mass is 9.92. The zero-order valence-electron chi connectivity index (χ0n) is 20.6. The van der Waals surface area contributed by atoms with E-state index in [0.29, 0.717) is 6.42 Å². The molecule has 2 heterocycles. The smallest absolute Gasteiger partial charge is 0.341 e. The van der Waals surface area contributed by atoms with Gasteiger partial charge in [-0.1, -0.05) is 12.1 Å². The number of thioether (sulfide) groups is 1. The Bertz CT molecular complexity index is 891. The molecule has 2 aliphatic heterocycles. The minimum absolute atomic E-state index is 0.0371. The highest BCUT2D eigenvalue weighted by molar-refractivity contribution is 7.99. The van der Waals surface area contributed by atoms with Gasteiger partial charge in [-0.2, -0.15) is 0 Å². The van der Waals surface area contributed by atoms with Crippen molar-refractivity contribution in [2.45, 2.75) is 67.8 Å². The van der Waals surface area contributed by atoms with E-state index in [9.17, 15) is 30.0 Å². The van der Waals surface area contributed by atoms with Crippen molar-refractivity contribution >= 4 is 23.6 Å². The first-order valence-electron chi connectivity index (χ1n) is 12.0. The summed E-state index contributed by atoms with van der Waals surface area (Å²) in [6.45, 7) is 2.48. The standard InChI is InChI=1S/C24H36N2O9S/c1-13(33-3)17(25-22(31)15-8-6-10-26(15)2)21-19(29)18(28)20(30)24(35-21)36-12-11-34-23(32)14-7-4-5-9-16(14)27/h4-5,7,9,13,15,17-21,24,27-30H,6,8,10-12H2,1-3H3,(H,25,31)/t13-,15+,17-,18+,19+,20-,21-,24?/m1/s1. The Balaban J connectivity index is 1.62. The van der Waals surface area contributed by atoms with Crippen molar-refractivity contribution in [2.24, 2.45) is 0 Å². The molecule has 0 spiro atoms. The van der Waals surface area contributed by atoms with Gasteiger partial charge < -0.3 is 40.0 Å². The first-order chi connectivity index (χ1) is 17.1. The number of nitrogens with zero attached hydrogens (tertiary/aromatic N) is 1. The summed E-state index contributed by atoms with van der Waals surface area (Å²) in [6, 6.07) is 4.91. The summed E-state index contributed by atoms with van der Waals surface area (Å²) in [5.74, 6) is -0.896. The number of ether oxygens (including phenoxy) is 3. The van der Waals surface area contributed by atoms with E-state index in [1.807, 2.05) is 11.9 Å². The van der Waals surface area contributed by atoms with E-state index in [2.05, 4.69) is 5.32 Å². The molecule has 5 N–H and O–H groups in total. The fourth-order valence-corrected chi connectivity index (χ4v) is 5.42. The van der Waals surface area contributed by atoms with Crippen LogP contribution in [0.4, 0.5) is 0 Å². The molecule has 2 fully saturated rings. The molecule has 0 saturated carbocycles. The molecule has 11 nitrogen and oxygen atoms in total. The van der Waals surface area contributed by atoms with Gasteiger partial charge in [0.1, 0.15) is 47.8 Å². The maximum absolute atomic E-state index is 13.0. The van der Waals surface area contributed by atoms with Crippen LogP contribution in [0.5, 0.6) is 5.75 Å². The fourth-order valence-electron chi connectivity index (χ4n) is 4.45. The Morgan fingerprint density at radius 1 is 1.22 bits per heavy atom. The molecule has 3 rings (SSSR count). The van der Waals surface area contributed by atoms with Crippen LogP contribution in [0.15, 0.2) is 24.3 Å². The number of para-hydroxylation sites is 1. The average Bonchev–Trinajstić information content (AvgIpc) is 3.30. The maximum atomic E-state index is 13.0. The van der Waals surface area contributed by atoms with E-state index in [1.54, 1.807) is 19.1 Å². The molecule has 1 amide bonds. The summed E-state index contributed by atoms with van der Waals surface area (Å²) in [7, 11) is 3.34. The number of aliphatic hydroxyl groups is 3. The van der Waals surface area contributed by atoms with Gasteiger partial charge in [-0.15, -0.1) is 11.8 Å². The highest BCUT2D eigenvalue weighted by atomic mass is 32.2. The summed E-state index contributed by atoms with van der Waals surface area (Å²) < 4.78 is 16.6. The fraction of sp³-hybridized carbons (Fsp3) is 0.667. The lowest BCUT2D eigenvalue weighted by molar-refractivity contribution is -0.212. The summed E-state index contributed by atoms with van der Waals surface area (Å²) in [5.41, 5.74) is -0.926. The molecule has 1 aromatic rings. The minimum atomic E-state index is -1.53. The van der Waals surface area contributed by atoms with Crippen LogP contribution in [0.2, 0.25) is 0 Å². The second-order valence-electron chi connectivity index (χ2n) is 9.08. The van der Waals surface area contributed by atoms with Gasteiger partial charge in [0.25, 0.3) is 0 Å². The van der Waals surface area contributed by atoms with Crippen molar-refractivity contribution in [1.29, 1.82) is 0 Å². The molecule has 0 radical (unpaired) electrons. The van der Waals surface area contributed by atoms with Crippen molar-refractivity contribution in [3.63, 3.8) is 0 Å². The van der Waals surface area contributed by atoms with Crippen molar-refractivity contribution in [3.05, 3.63) is 29.8 Å². The average molecular weight is 529 g/mol. The van der Waals surface area contributed by atoms with Crippen LogP contribution in [0.25, 0.3) is 0 Å². The van der Waals surface area contributed by atoms with Crippen molar-refractivity contribution in [1.82, 2.24) is 10.2 Å². The lowest BCUT2D eigenvalue weighted by Crippen LogP contribution is -2.66. The summed E-state index contributed by atoms with van der Waals surface area (Å²) in [6.07, 6.45) is -4.42. The molecular weight excluding hydrogens is 492 g/mol. The predicted molar refractivity (Wildman–Crippen MR) is 132 cm³/mol. The number of nitrogens with one attached hydrogen (secondary N) is 1. The van der Waals surface area contributed by atoms with E-state index in [4.69, 9.17) is 14.2 Å². The number of likely N-dealkylation sites (N-methyl/N-ethyl adjacent to an activating group) is 1. The Hall–Kier alpha value is -1.93. The summed E-state index contributed by atoms with van der Waals surface area (Å²) in [4.78, 5) is 27.1. The highest BCUT2D eigenvalue weighted by Crippen LogP contribution is 2.31. The molecular formula is C24H36N2O9S. The molecule has 0 aromatic heterocycles. The van der Waals surface area contributed by atoms with Crippen LogP contribution in [-0.4, -0.2) is 118 Å². The van der Waals surface area contributed by atoms with Crippen molar-refractivity contribution < 1.29 is 44.2 Å². The number of phenols is 1. The van der Waals surface area contributed by atoms with Gasteiger partial charge >= 0.3 is 5.97 Å². The van der Waals surface area contributed by atoms with Crippen LogP contribution in [0, 0.1) is 0 Å². The maximum Gasteiger partial charge on any atom is 0.341 e. The number of esters is 1. The molecule has 202 valence electrons. The van der Waals surface area contributed by atoms with E-state index >= 15 is 0 Å². The van der Waals surface area contributed by atoms with Crippen LogP contribution >= 0.6 is 11.8 Å². The quantitative estimate of drug-likeness (QED) is 0.201. The van der Waals surface area contributed by atoms with Gasteiger partial charge in [0.15, 0.2) is 0 Å². The molecule has 36 heavy (non-hydrogen) atoms. The van der Waals surface area contributed by atoms with E-state index in [0.717, 1.165) is 24.7 Å². The van der Waals surface area contributed by atoms with Gasteiger partial charge in [0.05, 0.1) is 18.2 Å². The van der Waals surface area contributed by atoms with E-state index < -0.39 is 48.0 Å². The Labute approximate surface area is 214 Å². The van der Waals surface area contributed by atoms with Crippen LogP contribution in [-0.2, 0) is 19.0 Å². The molecule has 8 atom stereocenters. The SMILES string of the molecule is CO[C@H](C)[C@@H](NC(=O)[C@@H]1CCCN1C)[C@H]1OC(SCCOC(=O)c2ccccc2O)[C@H](O)[C@@H](O)[C@@H]1O. The zero-order valence-corrected chi connectivity index (χ0v) is 21.5. The number of likely N-dealkylation sites (tertiary alicyclic amines) is 1. The second-order valence-corrected chi connectivity index (χ2v) is 10.3. The largest absolute Gasteiger partial charge is 0.507 e. The van der Waals surface area contributed by atoms with Crippen LogP contribution in [0.1, 0.15) is 30.1 Å². The number of hydrogen-bond donors (Lipinski definition) is 5. The third-order valence-corrected chi connectivity index (χ3v) is 7.81. The summed E-state index contributed by atoms with van der Waals surface area (Å²) >= 11 is 1.09. The van der Waals surface area contributed by atoms with Crippen molar-refractivity contribution in [2.75, 3.05) is 33.1 Å². The number of amides is 1. The molecule has 2 saturated heterocycles. The van der Waals surface area contributed by atoms with Gasteiger partial charge in [-0.25, -0.2) is 4.79 Å². The van der Waals surface area contributed by atoms with Gasteiger partial charge in [0, 0.05) is 12.9 Å². The highest BCUT2D eigenvalue weighted by Gasteiger charge is 2.49. The Morgan fingerprint density at radius 3 is 2.58 bits per heavy atom. The van der Waals surface area contributed by atoms with Crippen LogP contribution < -0.4 is 5.32 Å². The number of hydrogen-bond acceptors (Lipinski definition) is 11. The number of methoxy groups -OCH3 is 1. The van der Waals surface area contributed by atoms with E-state index in [-0.39, 0.29) is 35.6 Å². The summed E-state index contributed by atoms with van der Waals surface area (Å²) in [5, 5.41) is 44.4. The predicted octanol–water partition coefficient (Wildman–Crippen LogP) is -0.296. The second kappa shape index (κ2) is 13.0. The molecule has 1 aromatic carbocycles. The van der Waals surface area contributed by atoms with E-state index in [1.165, 1.54) is 19.2 Å². The number of phenolic OH excluding ortho intramolecular Hbond substituents is 1. The first kappa shape index (κ1) is 28.6. The van der Waals surface area contributed by atoms with Gasteiger partial charge in [0.2, 0.25) is 5.91 Å². The first-order valence-corrected chi connectivity index (χ1v) is 13.0. The number of aliphatic hydroxyl groups excluding tert-OH is 3. The number of carbonyl (C=O) groups is 2. The normalized spacial score (nSPS) is 30.5. The third kappa shape index (κ3) is 6.68. The number of rotatable bonds is 10. The Kier molecular flexibility index (Phi) is 10.4. The van der Waals surface area contributed by atoms with Crippen molar-refractivity contribution in [3.8, 4) is 5.75 Å². The number of benzene rings is 1. The topological polar surface area (TPSA) is 158 Å². The van der Waals surface area contributed by atoms with Gasteiger partial charge in [-0.05, 0) is 45.5 Å². The monoisotopic (exact) mass is 528 g/mol. The Morgan fingerprint density at radius 2 is 1.94 bits per heavy atom. The van der Waals surface area contributed by atoms with Gasteiger partial charge in [-0.3, -0.25) is 9.69 Å². The molecule has 12 heteroatoms. The molecule has 0 bridgehead atoms. The third-order valence-electron chi connectivity index (χ3n) is 6.69. The minimum Gasteiger partial charge on any atom is -0.507 e. The van der Waals surface area contributed by atoms with Crippen LogP contribution in [0.3, 0.4) is 0 Å². The zero-order chi connectivity index (χ0) is 26.4. The molecule has 2 aliphatic rings. The number of aromatic hydroxyl groups is 1.